The molecule has 0 atom stereocenters. The molecule has 0 aliphatic heterocycles. The SMILES string of the molecule is CC(C)(C)c1c(Cl)cc(Br)cc1CCl. The van der Waals surface area contributed by atoms with E-state index in [-0.39, 0.29) is 5.41 Å². The second kappa shape index (κ2) is 4.42. The summed E-state index contributed by atoms with van der Waals surface area (Å²) in [6.45, 7) is 6.41. The first-order valence-corrected chi connectivity index (χ1v) is 6.11. The molecule has 0 nitrogen and oxygen atoms in total. The maximum absolute atomic E-state index is 6.21. The molecule has 1 aromatic rings. The van der Waals surface area contributed by atoms with Crippen LogP contribution >= 0.6 is 39.1 Å². The number of hydrogen-bond donors (Lipinski definition) is 0. The van der Waals surface area contributed by atoms with Gasteiger partial charge in [-0.25, -0.2) is 0 Å². The molecule has 0 N–H and O–H groups in total. The van der Waals surface area contributed by atoms with Gasteiger partial charge in [-0.15, -0.1) is 11.6 Å². The molecule has 1 rings (SSSR count). The first-order valence-electron chi connectivity index (χ1n) is 4.40. The molecular formula is C11H13BrCl2. The number of halogens is 3. The van der Waals surface area contributed by atoms with Crippen molar-refractivity contribution in [3.8, 4) is 0 Å². The number of hydrogen-bond acceptors (Lipinski definition) is 0. The van der Waals surface area contributed by atoms with Crippen LogP contribution in [0, 0.1) is 0 Å². The molecule has 0 aliphatic carbocycles. The van der Waals surface area contributed by atoms with Crippen molar-refractivity contribution in [1.82, 2.24) is 0 Å². The minimum atomic E-state index is 0.0298. The van der Waals surface area contributed by atoms with E-state index in [4.69, 9.17) is 23.2 Å². The van der Waals surface area contributed by atoms with E-state index >= 15 is 0 Å². The molecule has 1 aromatic carbocycles. The van der Waals surface area contributed by atoms with Crippen molar-refractivity contribution in [2.45, 2.75) is 32.1 Å². The van der Waals surface area contributed by atoms with Gasteiger partial charge in [0.1, 0.15) is 0 Å². The predicted molar refractivity (Wildman–Crippen MR) is 67.4 cm³/mol. The van der Waals surface area contributed by atoms with E-state index < -0.39 is 0 Å². The van der Waals surface area contributed by atoms with Crippen LogP contribution in [0.2, 0.25) is 5.02 Å². The highest BCUT2D eigenvalue weighted by Gasteiger charge is 2.21. The Morgan fingerprint density at radius 2 is 1.86 bits per heavy atom. The minimum absolute atomic E-state index is 0.0298. The zero-order chi connectivity index (χ0) is 10.9. The number of benzene rings is 1. The van der Waals surface area contributed by atoms with Gasteiger partial charge in [0.15, 0.2) is 0 Å². The summed E-state index contributed by atoms with van der Waals surface area (Å²) in [6.07, 6.45) is 0. The molecule has 14 heavy (non-hydrogen) atoms. The fourth-order valence-electron chi connectivity index (χ4n) is 1.57. The van der Waals surface area contributed by atoms with Gasteiger partial charge in [-0.1, -0.05) is 48.3 Å². The van der Waals surface area contributed by atoms with Gasteiger partial charge in [0.2, 0.25) is 0 Å². The lowest BCUT2D eigenvalue weighted by atomic mass is 9.84. The lowest BCUT2D eigenvalue weighted by molar-refractivity contribution is 0.585. The van der Waals surface area contributed by atoms with E-state index in [9.17, 15) is 0 Å². The van der Waals surface area contributed by atoms with E-state index in [1.54, 1.807) is 0 Å². The van der Waals surface area contributed by atoms with Crippen molar-refractivity contribution in [1.29, 1.82) is 0 Å². The van der Waals surface area contributed by atoms with E-state index in [2.05, 4.69) is 36.7 Å². The molecule has 0 saturated carbocycles. The van der Waals surface area contributed by atoms with Gasteiger partial charge < -0.3 is 0 Å². The molecule has 3 heteroatoms. The average Bonchev–Trinajstić information content (AvgIpc) is 1.99. The first-order chi connectivity index (χ1) is 6.36. The predicted octanol–water partition coefficient (Wildman–Crippen LogP) is 5.14. The molecular weight excluding hydrogens is 283 g/mol. The number of rotatable bonds is 1. The van der Waals surface area contributed by atoms with Crippen LogP contribution in [0.1, 0.15) is 31.9 Å². The molecule has 0 aromatic heterocycles. The third-order valence-corrected chi connectivity index (χ3v) is 3.07. The Hall–Kier alpha value is 0.280. The Balaban J connectivity index is 3.40. The minimum Gasteiger partial charge on any atom is -0.122 e. The molecule has 0 saturated heterocycles. The van der Waals surface area contributed by atoms with E-state index in [1.165, 1.54) is 0 Å². The summed E-state index contributed by atoms with van der Waals surface area (Å²) in [5.74, 6) is 0.492. The molecule has 0 radical (unpaired) electrons. The molecule has 0 amide bonds. The fraction of sp³-hybridized carbons (Fsp3) is 0.455. The number of alkyl halides is 1. The van der Waals surface area contributed by atoms with E-state index in [0.717, 1.165) is 20.6 Å². The summed E-state index contributed by atoms with van der Waals surface area (Å²) in [4.78, 5) is 0. The fourth-order valence-corrected chi connectivity index (χ4v) is 2.94. The van der Waals surface area contributed by atoms with Crippen LogP contribution in [-0.2, 0) is 11.3 Å². The standard InChI is InChI=1S/C11H13BrCl2/c1-11(2,3)10-7(6-13)4-8(12)5-9(10)14/h4-5H,6H2,1-3H3. The Kier molecular flexibility index (Phi) is 3.90. The average molecular weight is 296 g/mol. The van der Waals surface area contributed by atoms with Crippen LogP contribution in [0.25, 0.3) is 0 Å². The largest absolute Gasteiger partial charge is 0.122 e. The summed E-state index contributed by atoms with van der Waals surface area (Å²) in [6, 6.07) is 3.94. The highest BCUT2D eigenvalue weighted by atomic mass is 79.9. The molecule has 0 heterocycles. The monoisotopic (exact) mass is 294 g/mol. The maximum Gasteiger partial charge on any atom is 0.0477 e. The molecule has 0 bridgehead atoms. The van der Waals surface area contributed by atoms with Crippen LogP contribution in [0.15, 0.2) is 16.6 Å². The van der Waals surface area contributed by atoms with Gasteiger partial charge in [-0.05, 0) is 28.7 Å². The van der Waals surface area contributed by atoms with Gasteiger partial charge in [-0.3, -0.25) is 0 Å². The third kappa shape index (κ3) is 2.65. The Morgan fingerprint density at radius 3 is 2.29 bits per heavy atom. The van der Waals surface area contributed by atoms with Crippen LogP contribution < -0.4 is 0 Å². The highest BCUT2D eigenvalue weighted by molar-refractivity contribution is 9.10. The van der Waals surface area contributed by atoms with E-state index in [1.807, 2.05) is 12.1 Å². The van der Waals surface area contributed by atoms with Crippen molar-refractivity contribution in [2.75, 3.05) is 0 Å². The maximum atomic E-state index is 6.21. The summed E-state index contributed by atoms with van der Waals surface area (Å²) in [5.41, 5.74) is 2.26. The van der Waals surface area contributed by atoms with Gasteiger partial charge >= 0.3 is 0 Å². The summed E-state index contributed by atoms with van der Waals surface area (Å²) in [7, 11) is 0. The summed E-state index contributed by atoms with van der Waals surface area (Å²) < 4.78 is 0.978. The molecule has 0 aliphatic rings. The van der Waals surface area contributed by atoms with Crippen molar-refractivity contribution >= 4 is 39.1 Å². The first kappa shape index (κ1) is 12.4. The van der Waals surface area contributed by atoms with Gasteiger partial charge in [0.25, 0.3) is 0 Å². The zero-order valence-corrected chi connectivity index (χ0v) is 11.6. The third-order valence-electron chi connectivity index (χ3n) is 2.03. The lowest BCUT2D eigenvalue weighted by Crippen LogP contribution is -2.14. The van der Waals surface area contributed by atoms with Gasteiger partial charge in [0, 0.05) is 15.4 Å². The normalized spacial score (nSPS) is 11.9. The summed E-state index contributed by atoms with van der Waals surface area (Å²) >= 11 is 15.5. The second-order valence-corrected chi connectivity index (χ2v) is 5.90. The Labute approximate surface area is 104 Å². The topological polar surface area (TPSA) is 0 Å². The highest BCUT2D eigenvalue weighted by Crippen LogP contribution is 2.35. The smallest absolute Gasteiger partial charge is 0.0477 e. The van der Waals surface area contributed by atoms with Crippen molar-refractivity contribution in [2.24, 2.45) is 0 Å². The van der Waals surface area contributed by atoms with Crippen LogP contribution in [0.3, 0.4) is 0 Å². The van der Waals surface area contributed by atoms with Crippen LogP contribution in [0.5, 0.6) is 0 Å². The molecule has 0 spiro atoms. The summed E-state index contributed by atoms with van der Waals surface area (Å²) in [5, 5.41) is 0.780. The van der Waals surface area contributed by atoms with E-state index in [0.29, 0.717) is 5.88 Å². The zero-order valence-electron chi connectivity index (χ0n) is 8.50. The van der Waals surface area contributed by atoms with Gasteiger partial charge in [0.05, 0.1) is 0 Å². The van der Waals surface area contributed by atoms with Crippen molar-refractivity contribution in [3.63, 3.8) is 0 Å². The molecule has 0 unspecified atom stereocenters. The quantitative estimate of drug-likeness (QED) is 0.629. The van der Waals surface area contributed by atoms with Crippen molar-refractivity contribution < 1.29 is 0 Å². The van der Waals surface area contributed by atoms with Gasteiger partial charge in [-0.2, -0.15) is 0 Å². The van der Waals surface area contributed by atoms with Crippen LogP contribution in [-0.4, -0.2) is 0 Å². The van der Waals surface area contributed by atoms with Crippen molar-refractivity contribution in [3.05, 3.63) is 32.8 Å². The Morgan fingerprint density at radius 1 is 1.29 bits per heavy atom. The molecule has 78 valence electrons. The lowest BCUT2D eigenvalue weighted by Gasteiger charge is -2.24. The second-order valence-electron chi connectivity index (χ2n) is 4.31. The molecule has 0 fully saturated rings. The van der Waals surface area contributed by atoms with Crippen LogP contribution in [0.4, 0.5) is 0 Å². The Bertz CT molecular complexity index is 340.